The molecule has 0 unspecified atom stereocenters. The van der Waals surface area contributed by atoms with Crippen LogP contribution in [0.1, 0.15) is 17.7 Å². The van der Waals surface area contributed by atoms with Gasteiger partial charge in [0.2, 0.25) is 5.91 Å². The first-order chi connectivity index (χ1) is 11.7. The summed E-state index contributed by atoms with van der Waals surface area (Å²) in [5.41, 5.74) is 1.18. The molecule has 0 aliphatic heterocycles. The fourth-order valence-electron chi connectivity index (χ4n) is 2.88. The highest BCUT2D eigenvalue weighted by atomic mass is 32.1. The summed E-state index contributed by atoms with van der Waals surface area (Å²) in [5, 5.41) is 2.02. The van der Waals surface area contributed by atoms with Crippen molar-refractivity contribution < 1.29 is 4.79 Å². The summed E-state index contributed by atoms with van der Waals surface area (Å²) >= 11 is 1.65. The molecule has 24 heavy (non-hydrogen) atoms. The molecule has 1 fully saturated rings. The lowest BCUT2D eigenvalue weighted by molar-refractivity contribution is -0.133. The number of para-hydroxylation sites is 2. The van der Waals surface area contributed by atoms with E-state index in [1.54, 1.807) is 11.3 Å². The van der Waals surface area contributed by atoms with E-state index in [0.717, 1.165) is 18.4 Å². The molecule has 122 valence electrons. The van der Waals surface area contributed by atoms with Gasteiger partial charge in [-0.25, -0.2) is 4.98 Å². The predicted molar refractivity (Wildman–Crippen MR) is 93.9 cm³/mol. The van der Waals surface area contributed by atoms with Gasteiger partial charge in [0.25, 0.3) is 5.56 Å². The lowest BCUT2D eigenvalue weighted by atomic mass is 10.3. The lowest BCUT2D eigenvalue weighted by Crippen LogP contribution is -2.37. The molecule has 0 saturated heterocycles. The van der Waals surface area contributed by atoms with Crippen molar-refractivity contribution in [1.82, 2.24) is 14.5 Å². The summed E-state index contributed by atoms with van der Waals surface area (Å²) in [6, 6.07) is 11.8. The van der Waals surface area contributed by atoms with Crippen molar-refractivity contribution in [2.24, 2.45) is 0 Å². The van der Waals surface area contributed by atoms with Gasteiger partial charge in [-0.05, 0) is 36.4 Å². The second-order valence-electron chi connectivity index (χ2n) is 6.00. The van der Waals surface area contributed by atoms with Gasteiger partial charge in [-0.1, -0.05) is 18.2 Å². The van der Waals surface area contributed by atoms with Crippen LogP contribution in [0.4, 0.5) is 0 Å². The van der Waals surface area contributed by atoms with Gasteiger partial charge in [0.1, 0.15) is 6.54 Å². The Morgan fingerprint density at radius 1 is 1.25 bits per heavy atom. The minimum Gasteiger partial charge on any atom is -0.333 e. The minimum atomic E-state index is -0.242. The number of aromatic nitrogens is 2. The van der Waals surface area contributed by atoms with E-state index < -0.39 is 0 Å². The van der Waals surface area contributed by atoms with Crippen molar-refractivity contribution in [3.05, 3.63) is 63.2 Å². The van der Waals surface area contributed by atoms with Gasteiger partial charge < -0.3 is 4.90 Å². The molecule has 5 nitrogen and oxygen atoms in total. The first-order valence-electron chi connectivity index (χ1n) is 7.99. The average molecular weight is 339 g/mol. The zero-order chi connectivity index (χ0) is 16.5. The monoisotopic (exact) mass is 339 g/mol. The van der Waals surface area contributed by atoms with Crippen LogP contribution in [0.15, 0.2) is 52.8 Å². The van der Waals surface area contributed by atoms with Crippen molar-refractivity contribution >= 4 is 28.3 Å². The number of fused-ring (bicyclic) bond motifs is 1. The molecule has 1 saturated carbocycles. The number of amides is 1. The molecule has 0 radical (unpaired) electrons. The van der Waals surface area contributed by atoms with Crippen LogP contribution in [-0.2, 0) is 17.9 Å². The summed E-state index contributed by atoms with van der Waals surface area (Å²) in [6.45, 7) is 0.683. The molecule has 0 N–H and O–H groups in total. The van der Waals surface area contributed by atoms with Gasteiger partial charge in [-0.15, -0.1) is 11.3 Å². The number of carbonyl (C=O) groups is 1. The summed E-state index contributed by atoms with van der Waals surface area (Å²) in [6.07, 6.45) is 3.38. The summed E-state index contributed by atoms with van der Waals surface area (Å²) < 4.78 is 1.52. The van der Waals surface area contributed by atoms with E-state index in [9.17, 15) is 9.59 Å². The standard InChI is InChI=1S/C18H17N3O2S/c22-17-10-19-15-5-1-2-6-16(15)21(17)12-18(23)20(13-7-8-13)11-14-4-3-9-24-14/h1-6,9-10,13H,7-8,11-12H2. The molecule has 2 aromatic heterocycles. The number of rotatable bonds is 5. The third kappa shape index (κ3) is 2.97. The van der Waals surface area contributed by atoms with Gasteiger partial charge >= 0.3 is 0 Å². The molecule has 4 rings (SSSR count). The molecule has 6 heteroatoms. The van der Waals surface area contributed by atoms with Crippen LogP contribution >= 0.6 is 11.3 Å². The number of carbonyl (C=O) groups excluding carboxylic acids is 1. The maximum Gasteiger partial charge on any atom is 0.269 e. The second-order valence-corrected chi connectivity index (χ2v) is 7.04. The average Bonchev–Trinajstić information content (AvgIpc) is 3.31. The Balaban J connectivity index is 1.63. The molecule has 1 aliphatic carbocycles. The van der Waals surface area contributed by atoms with E-state index in [-0.39, 0.29) is 18.0 Å². The van der Waals surface area contributed by atoms with Crippen LogP contribution in [0.3, 0.4) is 0 Å². The number of nitrogens with zero attached hydrogens (tertiary/aromatic N) is 3. The predicted octanol–water partition coefficient (Wildman–Crippen LogP) is 2.65. The zero-order valence-electron chi connectivity index (χ0n) is 13.1. The minimum absolute atomic E-state index is 0.00986. The number of benzene rings is 1. The third-order valence-electron chi connectivity index (χ3n) is 4.26. The smallest absolute Gasteiger partial charge is 0.269 e. The van der Waals surface area contributed by atoms with Crippen molar-refractivity contribution in [2.75, 3.05) is 0 Å². The van der Waals surface area contributed by atoms with Gasteiger partial charge in [0.05, 0.1) is 23.8 Å². The fourth-order valence-corrected chi connectivity index (χ4v) is 3.58. The summed E-state index contributed by atoms with van der Waals surface area (Å²) in [5.74, 6) is -0.00986. The van der Waals surface area contributed by atoms with Crippen molar-refractivity contribution in [3.63, 3.8) is 0 Å². The Morgan fingerprint density at radius 3 is 2.83 bits per heavy atom. The van der Waals surface area contributed by atoms with Gasteiger partial charge in [-0.3, -0.25) is 14.2 Å². The van der Waals surface area contributed by atoms with Gasteiger partial charge in [-0.2, -0.15) is 0 Å². The third-order valence-corrected chi connectivity index (χ3v) is 5.12. The number of hydrogen-bond acceptors (Lipinski definition) is 4. The van der Waals surface area contributed by atoms with Gasteiger partial charge in [0, 0.05) is 10.9 Å². The Labute approximate surface area is 143 Å². The molecule has 0 bridgehead atoms. The maximum atomic E-state index is 12.9. The highest BCUT2D eigenvalue weighted by Crippen LogP contribution is 2.29. The number of thiophene rings is 1. The Kier molecular flexibility index (Phi) is 3.90. The SMILES string of the molecule is O=C(Cn1c(=O)cnc2ccccc21)N(Cc1cccs1)C1CC1. The van der Waals surface area contributed by atoms with Crippen LogP contribution in [0.5, 0.6) is 0 Å². The van der Waals surface area contributed by atoms with Crippen molar-refractivity contribution in [1.29, 1.82) is 0 Å². The first-order valence-corrected chi connectivity index (χ1v) is 8.87. The van der Waals surface area contributed by atoms with Crippen LogP contribution in [0.25, 0.3) is 11.0 Å². The van der Waals surface area contributed by atoms with E-state index in [0.29, 0.717) is 18.1 Å². The molecule has 3 aromatic rings. The lowest BCUT2D eigenvalue weighted by Gasteiger charge is -2.22. The Hall–Kier alpha value is -2.47. The normalized spacial score (nSPS) is 14.0. The molecule has 1 aliphatic rings. The largest absolute Gasteiger partial charge is 0.333 e. The Morgan fingerprint density at radius 2 is 2.08 bits per heavy atom. The zero-order valence-corrected chi connectivity index (χ0v) is 13.9. The molecular formula is C18H17N3O2S. The highest BCUT2D eigenvalue weighted by molar-refractivity contribution is 7.09. The highest BCUT2D eigenvalue weighted by Gasteiger charge is 2.32. The maximum absolute atomic E-state index is 12.9. The van der Waals surface area contributed by atoms with E-state index in [1.807, 2.05) is 46.7 Å². The molecule has 1 amide bonds. The van der Waals surface area contributed by atoms with E-state index in [2.05, 4.69) is 4.98 Å². The fraction of sp³-hybridized carbons (Fsp3) is 0.278. The summed E-state index contributed by atoms with van der Waals surface area (Å²) in [4.78, 5) is 32.3. The van der Waals surface area contributed by atoms with Crippen molar-refractivity contribution in [3.8, 4) is 0 Å². The van der Waals surface area contributed by atoms with E-state index >= 15 is 0 Å². The Bertz CT molecular complexity index is 929. The van der Waals surface area contributed by atoms with Crippen LogP contribution in [-0.4, -0.2) is 26.4 Å². The molecule has 0 spiro atoms. The van der Waals surface area contributed by atoms with Crippen LogP contribution in [0.2, 0.25) is 0 Å². The van der Waals surface area contributed by atoms with Gasteiger partial charge in [0.15, 0.2) is 0 Å². The molecule has 0 atom stereocenters. The quantitative estimate of drug-likeness (QED) is 0.718. The topological polar surface area (TPSA) is 55.2 Å². The second kappa shape index (κ2) is 6.20. The summed E-state index contributed by atoms with van der Waals surface area (Å²) in [7, 11) is 0. The van der Waals surface area contributed by atoms with E-state index in [1.165, 1.54) is 15.6 Å². The number of hydrogen-bond donors (Lipinski definition) is 0. The van der Waals surface area contributed by atoms with Crippen LogP contribution in [0, 0.1) is 0 Å². The first kappa shape index (κ1) is 15.1. The van der Waals surface area contributed by atoms with E-state index in [4.69, 9.17) is 0 Å². The van der Waals surface area contributed by atoms with Crippen LogP contribution < -0.4 is 5.56 Å². The molecule has 1 aromatic carbocycles. The molecule has 2 heterocycles. The molecular weight excluding hydrogens is 322 g/mol. The van der Waals surface area contributed by atoms with Crippen molar-refractivity contribution in [2.45, 2.75) is 32.0 Å².